The highest BCUT2D eigenvalue weighted by Gasteiger charge is 2.12. The predicted molar refractivity (Wildman–Crippen MR) is 55.9 cm³/mol. The number of rotatable bonds is 1. The van der Waals surface area contributed by atoms with Crippen LogP contribution in [0.25, 0.3) is 11.2 Å². The second-order valence-corrected chi connectivity index (χ2v) is 3.33. The first-order chi connectivity index (χ1) is 7.57. The Hall–Kier alpha value is -1.85. The van der Waals surface area contributed by atoms with Crippen LogP contribution in [-0.4, -0.2) is 18.7 Å². The normalized spacial score (nSPS) is 12.0. The molecule has 0 aliphatic carbocycles. The molecule has 0 radical (unpaired) electrons. The average Bonchev–Trinajstić information content (AvgIpc) is 2.64. The molecular weight excluding hydrogens is 196 g/mol. The van der Waals surface area contributed by atoms with E-state index in [9.17, 15) is 9.59 Å². The van der Waals surface area contributed by atoms with Crippen molar-refractivity contribution >= 4 is 11.2 Å². The van der Waals surface area contributed by atoms with E-state index in [-0.39, 0.29) is 19.0 Å². The summed E-state index contributed by atoms with van der Waals surface area (Å²) >= 11 is 0. The molecule has 2 rings (SSSR count). The van der Waals surface area contributed by atoms with Crippen molar-refractivity contribution in [3.05, 3.63) is 27.2 Å². The minimum Gasteiger partial charge on any atom is -0.328 e. The van der Waals surface area contributed by atoms with Gasteiger partial charge in [0.1, 0.15) is 0 Å². The first-order valence-electron chi connectivity index (χ1n) is 5.18. The van der Waals surface area contributed by atoms with Crippen LogP contribution in [0.15, 0.2) is 15.9 Å². The van der Waals surface area contributed by atoms with Gasteiger partial charge in [0, 0.05) is 22.0 Å². The van der Waals surface area contributed by atoms with Crippen LogP contribution in [0.1, 0.15) is 8.27 Å². The predicted octanol–water partition coefficient (Wildman–Crippen LogP) is -0.546. The Balaban J connectivity index is 2.98. The molecule has 15 heavy (non-hydrogen) atoms. The van der Waals surface area contributed by atoms with Gasteiger partial charge in [0.15, 0.2) is 11.2 Å². The summed E-state index contributed by atoms with van der Waals surface area (Å²) in [5, 5.41) is 0. The highest BCUT2D eigenvalue weighted by Crippen LogP contribution is 2.02. The maximum Gasteiger partial charge on any atom is 0.332 e. The van der Waals surface area contributed by atoms with Gasteiger partial charge in [-0.25, -0.2) is 9.78 Å². The fraction of sp³-hybridized carbons (Fsp3) is 0.444. The van der Waals surface area contributed by atoms with Crippen molar-refractivity contribution in [1.29, 1.82) is 0 Å². The minimum absolute atomic E-state index is 0.00148. The lowest BCUT2D eigenvalue weighted by molar-refractivity contribution is 0.635. The highest BCUT2D eigenvalue weighted by molar-refractivity contribution is 5.69. The number of imidazole rings is 1. The SMILES string of the molecule is [2H]CCn1c(=O)c2c(ncn2C)n(C)c1=O. The molecule has 0 aliphatic rings. The van der Waals surface area contributed by atoms with Gasteiger partial charge in [0.05, 0.1) is 6.33 Å². The fourth-order valence-corrected chi connectivity index (χ4v) is 1.59. The molecule has 80 valence electrons. The van der Waals surface area contributed by atoms with E-state index in [4.69, 9.17) is 1.37 Å². The number of aryl methyl sites for hydroxylation is 2. The summed E-state index contributed by atoms with van der Waals surface area (Å²) in [5.74, 6) is 0. The van der Waals surface area contributed by atoms with Crippen molar-refractivity contribution in [3.8, 4) is 0 Å². The molecular formula is C9H12N4O2. The standard InChI is InChI=1S/C9H12N4O2/c1-4-13-8(14)6-7(10-5-11(6)2)12(3)9(13)15/h5H,4H2,1-3H3/i1D. The van der Waals surface area contributed by atoms with E-state index in [2.05, 4.69) is 4.98 Å². The van der Waals surface area contributed by atoms with Crippen LogP contribution < -0.4 is 11.2 Å². The Morgan fingerprint density at radius 3 is 2.87 bits per heavy atom. The van der Waals surface area contributed by atoms with Crippen LogP contribution in [0, 0.1) is 0 Å². The molecule has 6 nitrogen and oxygen atoms in total. The van der Waals surface area contributed by atoms with Gasteiger partial charge in [0.25, 0.3) is 5.56 Å². The van der Waals surface area contributed by atoms with Crippen molar-refractivity contribution in [3.63, 3.8) is 0 Å². The molecule has 0 bridgehead atoms. The van der Waals surface area contributed by atoms with Crippen LogP contribution in [0.4, 0.5) is 0 Å². The zero-order valence-corrected chi connectivity index (χ0v) is 8.60. The first-order valence-corrected chi connectivity index (χ1v) is 4.48. The number of nitrogens with zero attached hydrogens (tertiary/aromatic N) is 4. The van der Waals surface area contributed by atoms with E-state index >= 15 is 0 Å². The van der Waals surface area contributed by atoms with Gasteiger partial charge in [-0.3, -0.25) is 13.9 Å². The quantitative estimate of drug-likeness (QED) is 0.633. The smallest absolute Gasteiger partial charge is 0.328 e. The highest BCUT2D eigenvalue weighted by atomic mass is 16.2. The van der Waals surface area contributed by atoms with E-state index < -0.39 is 5.69 Å². The van der Waals surface area contributed by atoms with Gasteiger partial charge in [-0.2, -0.15) is 0 Å². The Labute approximate surface area is 86.8 Å². The second-order valence-electron chi connectivity index (χ2n) is 3.33. The summed E-state index contributed by atoms with van der Waals surface area (Å²) < 4.78 is 11.1. The van der Waals surface area contributed by atoms with Crippen LogP contribution in [0.5, 0.6) is 0 Å². The number of fused-ring (bicyclic) bond motifs is 1. The summed E-state index contributed by atoms with van der Waals surface area (Å²) in [5.41, 5.74) is -0.0527. The van der Waals surface area contributed by atoms with E-state index in [1.807, 2.05) is 0 Å². The minimum atomic E-state index is -0.427. The summed E-state index contributed by atoms with van der Waals surface area (Å²) in [7, 11) is 3.27. The van der Waals surface area contributed by atoms with Crippen LogP contribution in [0.2, 0.25) is 0 Å². The molecule has 0 N–H and O–H groups in total. The molecule has 6 heteroatoms. The summed E-state index contributed by atoms with van der Waals surface area (Å²) in [6.45, 7) is 0.102. The van der Waals surface area contributed by atoms with Gasteiger partial charge in [-0.1, -0.05) is 0 Å². The van der Waals surface area contributed by atoms with Crippen molar-refractivity contribution in [2.24, 2.45) is 14.1 Å². The first kappa shape index (κ1) is 8.46. The molecule has 0 saturated carbocycles. The molecule has 0 fully saturated rings. The Bertz CT molecular complexity index is 652. The lowest BCUT2D eigenvalue weighted by atomic mass is 10.5. The third-order valence-electron chi connectivity index (χ3n) is 2.42. The van der Waals surface area contributed by atoms with E-state index in [1.165, 1.54) is 10.9 Å². The number of hydrogen-bond acceptors (Lipinski definition) is 3. The molecule has 2 aromatic heterocycles. The van der Waals surface area contributed by atoms with Gasteiger partial charge >= 0.3 is 5.69 Å². The van der Waals surface area contributed by atoms with Crippen molar-refractivity contribution < 1.29 is 1.37 Å². The van der Waals surface area contributed by atoms with Crippen molar-refractivity contribution in [2.75, 3.05) is 0 Å². The third-order valence-corrected chi connectivity index (χ3v) is 2.42. The summed E-state index contributed by atoms with van der Waals surface area (Å²) in [4.78, 5) is 27.8. The molecule has 2 aromatic rings. The molecule has 0 aromatic carbocycles. The summed E-state index contributed by atoms with van der Waals surface area (Å²) in [6.07, 6.45) is 1.50. The second kappa shape index (κ2) is 3.08. The molecule has 0 unspecified atom stereocenters. The van der Waals surface area contributed by atoms with Crippen LogP contribution in [0.3, 0.4) is 0 Å². The maximum atomic E-state index is 12.0. The van der Waals surface area contributed by atoms with Crippen molar-refractivity contribution in [2.45, 2.75) is 13.4 Å². The molecule has 0 amide bonds. The Morgan fingerprint density at radius 1 is 1.47 bits per heavy atom. The van der Waals surface area contributed by atoms with Crippen LogP contribution >= 0.6 is 0 Å². The lowest BCUT2D eigenvalue weighted by Gasteiger charge is -2.05. The number of hydrogen-bond donors (Lipinski definition) is 0. The van der Waals surface area contributed by atoms with Gasteiger partial charge < -0.3 is 4.57 Å². The van der Waals surface area contributed by atoms with E-state index in [1.54, 1.807) is 18.7 Å². The zero-order chi connectivity index (χ0) is 11.9. The third kappa shape index (κ3) is 1.14. The lowest BCUT2D eigenvalue weighted by Crippen LogP contribution is -2.39. The molecule has 0 spiro atoms. The van der Waals surface area contributed by atoms with Gasteiger partial charge in [-0.15, -0.1) is 0 Å². The largest absolute Gasteiger partial charge is 0.332 e. The maximum absolute atomic E-state index is 12.0. The van der Waals surface area contributed by atoms with E-state index in [0.717, 1.165) is 4.57 Å². The van der Waals surface area contributed by atoms with Crippen molar-refractivity contribution in [1.82, 2.24) is 18.7 Å². The topological polar surface area (TPSA) is 61.8 Å². The van der Waals surface area contributed by atoms with Crippen LogP contribution in [-0.2, 0) is 20.6 Å². The van der Waals surface area contributed by atoms with Gasteiger partial charge in [0.2, 0.25) is 0 Å². The molecule has 0 atom stereocenters. The average molecular weight is 209 g/mol. The number of aromatic nitrogens is 4. The van der Waals surface area contributed by atoms with E-state index in [0.29, 0.717) is 11.2 Å². The molecule has 0 saturated heterocycles. The summed E-state index contributed by atoms with van der Waals surface area (Å²) in [6, 6.07) is 0. The fourth-order valence-electron chi connectivity index (χ4n) is 1.59. The molecule has 2 heterocycles. The zero-order valence-electron chi connectivity index (χ0n) is 9.60. The molecule has 0 aliphatic heterocycles. The Kier molecular flexibility index (Phi) is 1.74. The monoisotopic (exact) mass is 209 g/mol. The Morgan fingerprint density at radius 2 is 2.20 bits per heavy atom. The van der Waals surface area contributed by atoms with Gasteiger partial charge in [-0.05, 0) is 6.90 Å².